The summed E-state index contributed by atoms with van der Waals surface area (Å²) in [6.07, 6.45) is 2.97. The van der Waals surface area contributed by atoms with Gasteiger partial charge in [0.1, 0.15) is 5.82 Å². The van der Waals surface area contributed by atoms with E-state index in [1.807, 2.05) is 42.5 Å². The number of nitrogens with one attached hydrogen (secondary N) is 2. The van der Waals surface area contributed by atoms with Crippen molar-refractivity contribution in [1.82, 2.24) is 20.1 Å². The zero-order valence-electron chi connectivity index (χ0n) is 19.5. The van der Waals surface area contributed by atoms with Crippen LogP contribution in [0.5, 0.6) is 0 Å². The Balaban J connectivity index is 1.55. The molecule has 0 saturated carbocycles. The highest BCUT2D eigenvalue weighted by Crippen LogP contribution is 2.42. The fourth-order valence-corrected chi connectivity index (χ4v) is 5.08. The van der Waals surface area contributed by atoms with E-state index in [1.54, 1.807) is 12.3 Å². The van der Waals surface area contributed by atoms with E-state index >= 15 is 4.39 Å². The first-order chi connectivity index (χ1) is 17.1. The van der Waals surface area contributed by atoms with Crippen LogP contribution in [0.1, 0.15) is 23.1 Å². The maximum atomic E-state index is 15.3. The van der Waals surface area contributed by atoms with Crippen molar-refractivity contribution >= 4 is 33.4 Å². The van der Waals surface area contributed by atoms with Crippen molar-refractivity contribution in [2.75, 3.05) is 19.8 Å². The van der Waals surface area contributed by atoms with Crippen LogP contribution in [-0.2, 0) is 13.0 Å². The van der Waals surface area contributed by atoms with E-state index in [2.05, 4.69) is 33.1 Å². The lowest BCUT2D eigenvalue weighted by atomic mass is 10.0. The van der Waals surface area contributed by atoms with Gasteiger partial charge in [-0.25, -0.2) is 4.39 Å². The SMILES string of the molecule is Cc1ccccc1-c1c(Cl)c2c3cn[nH]c3ccc2n1Cc1ccc(CCNCCCF)cc1F. The average Bonchev–Trinajstić information content (AvgIpc) is 3.43. The quantitative estimate of drug-likeness (QED) is 0.222. The average molecular weight is 493 g/mol. The Morgan fingerprint density at radius 2 is 1.94 bits per heavy atom. The summed E-state index contributed by atoms with van der Waals surface area (Å²) in [6.45, 7) is 3.39. The van der Waals surface area contributed by atoms with Crippen LogP contribution in [0.4, 0.5) is 8.78 Å². The van der Waals surface area contributed by atoms with E-state index in [0.29, 0.717) is 43.1 Å². The molecular formula is C28H27ClF2N4. The van der Waals surface area contributed by atoms with Gasteiger partial charge in [-0.15, -0.1) is 0 Å². The van der Waals surface area contributed by atoms with Gasteiger partial charge in [0, 0.05) is 21.9 Å². The third kappa shape index (κ3) is 4.56. The summed E-state index contributed by atoms with van der Waals surface area (Å²) in [5.74, 6) is -0.246. The molecule has 0 aliphatic heterocycles. The number of fused-ring (bicyclic) bond motifs is 3. The van der Waals surface area contributed by atoms with Crippen molar-refractivity contribution in [3.8, 4) is 11.3 Å². The second kappa shape index (κ2) is 10.2. The van der Waals surface area contributed by atoms with Crippen LogP contribution in [0.15, 0.2) is 60.8 Å². The predicted octanol–water partition coefficient (Wildman–Crippen LogP) is 6.83. The molecule has 7 heteroatoms. The molecule has 0 unspecified atom stereocenters. The van der Waals surface area contributed by atoms with Crippen molar-refractivity contribution in [1.29, 1.82) is 0 Å². The number of aromatic amines is 1. The number of alkyl halides is 1. The van der Waals surface area contributed by atoms with Gasteiger partial charge in [0.2, 0.25) is 0 Å². The fraction of sp³-hybridized carbons (Fsp3) is 0.250. The van der Waals surface area contributed by atoms with E-state index in [9.17, 15) is 4.39 Å². The molecular weight excluding hydrogens is 466 g/mol. The van der Waals surface area contributed by atoms with Gasteiger partial charge in [-0.3, -0.25) is 9.49 Å². The van der Waals surface area contributed by atoms with Crippen LogP contribution < -0.4 is 5.32 Å². The van der Waals surface area contributed by atoms with E-state index in [0.717, 1.165) is 44.2 Å². The first-order valence-corrected chi connectivity index (χ1v) is 12.2. The van der Waals surface area contributed by atoms with Crippen LogP contribution in [0.2, 0.25) is 5.02 Å². The van der Waals surface area contributed by atoms with Gasteiger partial charge in [0.25, 0.3) is 0 Å². The Bertz CT molecular complexity index is 1490. The molecule has 2 aromatic heterocycles. The molecule has 0 atom stereocenters. The molecule has 0 aliphatic carbocycles. The number of aromatic nitrogens is 3. The molecule has 0 radical (unpaired) electrons. The number of nitrogens with zero attached hydrogens (tertiary/aromatic N) is 2. The largest absolute Gasteiger partial charge is 0.335 e. The first-order valence-electron chi connectivity index (χ1n) is 11.8. The highest BCUT2D eigenvalue weighted by molar-refractivity contribution is 6.40. The van der Waals surface area contributed by atoms with E-state index in [4.69, 9.17) is 11.6 Å². The Morgan fingerprint density at radius 3 is 2.74 bits per heavy atom. The zero-order chi connectivity index (χ0) is 24.4. The third-order valence-corrected chi connectivity index (χ3v) is 6.88. The molecule has 2 heterocycles. The van der Waals surface area contributed by atoms with Crippen molar-refractivity contribution in [3.63, 3.8) is 0 Å². The monoisotopic (exact) mass is 492 g/mol. The summed E-state index contributed by atoms with van der Waals surface area (Å²) >= 11 is 7.04. The minimum Gasteiger partial charge on any atom is -0.335 e. The number of hydrogen-bond acceptors (Lipinski definition) is 2. The molecule has 5 rings (SSSR count). The van der Waals surface area contributed by atoms with Crippen LogP contribution in [0.3, 0.4) is 0 Å². The molecule has 180 valence electrons. The van der Waals surface area contributed by atoms with Gasteiger partial charge in [0.15, 0.2) is 0 Å². The number of benzene rings is 3. The lowest BCUT2D eigenvalue weighted by Crippen LogP contribution is -2.19. The van der Waals surface area contributed by atoms with E-state index < -0.39 is 0 Å². The van der Waals surface area contributed by atoms with Crippen molar-refractivity contribution in [3.05, 3.63) is 88.3 Å². The number of aryl methyl sites for hydroxylation is 1. The van der Waals surface area contributed by atoms with Gasteiger partial charge in [-0.05, 0) is 62.2 Å². The third-order valence-electron chi connectivity index (χ3n) is 6.51. The highest BCUT2D eigenvalue weighted by atomic mass is 35.5. The molecule has 3 aromatic carbocycles. The van der Waals surface area contributed by atoms with Gasteiger partial charge >= 0.3 is 0 Å². The van der Waals surface area contributed by atoms with Gasteiger partial charge in [-0.1, -0.05) is 48.0 Å². The smallest absolute Gasteiger partial charge is 0.128 e. The molecule has 0 aliphatic rings. The number of rotatable bonds is 9. The van der Waals surface area contributed by atoms with Gasteiger partial charge in [-0.2, -0.15) is 5.10 Å². The van der Waals surface area contributed by atoms with Crippen LogP contribution >= 0.6 is 11.6 Å². The molecule has 5 aromatic rings. The number of halogens is 3. The van der Waals surface area contributed by atoms with Gasteiger partial charge < -0.3 is 9.88 Å². The Hall–Kier alpha value is -3.22. The number of hydrogen-bond donors (Lipinski definition) is 2. The maximum absolute atomic E-state index is 15.3. The summed E-state index contributed by atoms with van der Waals surface area (Å²) in [6, 6.07) is 17.5. The summed E-state index contributed by atoms with van der Waals surface area (Å²) in [7, 11) is 0. The minimum atomic E-state index is -0.328. The summed E-state index contributed by atoms with van der Waals surface area (Å²) < 4.78 is 29.6. The number of H-pyrrole nitrogens is 1. The predicted molar refractivity (Wildman–Crippen MR) is 139 cm³/mol. The molecule has 0 saturated heterocycles. The highest BCUT2D eigenvalue weighted by Gasteiger charge is 2.22. The standard InChI is InChI=1S/C28H27ClF2N4/c1-18-5-2-3-6-21(18)28-27(29)26-22-16-33-34-24(22)9-10-25(26)35(28)17-20-8-7-19(15-23(20)31)11-14-32-13-4-12-30/h2-3,5-10,15-16,32H,4,11-14,17H2,1H3,(H,33,34). The molecule has 0 spiro atoms. The minimum absolute atomic E-state index is 0.246. The van der Waals surface area contributed by atoms with Crippen molar-refractivity contribution in [2.45, 2.75) is 26.3 Å². The fourth-order valence-electron chi connectivity index (χ4n) is 4.68. The second-order valence-electron chi connectivity index (χ2n) is 8.82. The molecule has 0 bridgehead atoms. The normalized spacial score (nSPS) is 11.7. The molecule has 0 amide bonds. The first kappa shape index (κ1) is 23.5. The maximum Gasteiger partial charge on any atom is 0.128 e. The van der Waals surface area contributed by atoms with E-state index in [-0.39, 0.29) is 12.5 Å². The zero-order valence-corrected chi connectivity index (χ0v) is 20.3. The summed E-state index contributed by atoms with van der Waals surface area (Å²) in [5.41, 5.74) is 6.32. The summed E-state index contributed by atoms with van der Waals surface area (Å²) in [4.78, 5) is 0. The summed E-state index contributed by atoms with van der Waals surface area (Å²) in [5, 5.41) is 12.9. The topological polar surface area (TPSA) is 45.6 Å². The molecule has 35 heavy (non-hydrogen) atoms. The molecule has 2 N–H and O–H groups in total. The van der Waals surface area contributed by atoms with Gasteiger partial charge in [0.05, 0.1) is 41.2 Å². The Labute approximate surface area is 207 Å². The van der Waals surface area contributed by atoms with Crippen LogP contribution in [0.25, 0.3) is 33.1 Å². The van der Waals surface area contributed by atoms with Crippen LogP contribution in [-0.4, -0.2) is 34.5 Å². The van der Waals surface area contributed by atoms with E-state index in [1.165, 1.54) is 0 Å². The Morgan fingerprint density at radius 1 is 1.09 bits per heavy atom. The van der Waals surface area contributed by atoms with Crippen molar-refractivity contribution < 1.29 is 8.78 Å². The van der Waals surface area contributed by atoms with Crippen LogP contribution in [0, 0.1) is 12.7 Å². The second-order valence-corrected chi connectivity index (χ2v) is 9.20. The van der Waals surface area contributed by atoms with Crippen molar-refractivity contribution in [2.24, 2.45) is 0 Å². The Kier molecular flexibility index (Phi) is 6.84. The lowest BCUT2D eigenvalue weighted by Gasteiger charge is -2.15. The molecule has 4 nitrogen and oxygen atoms in total. The molecule has 0 fully saturated rings. The lowest BCUT2D eigenvalue weighted by molar-refractivity contribution is 0.460.